The molecule has 2 aliphatic rings. The number of carbonyl (C=O) groups excluding carboxylic acids is 2. The predicted molar refractivity (Wildman–Crippen MR) is 176 cm³/mol. The van der Waals surface area contributed by atoms with Crippen LogP contribution in [0.25, 0.3) is 0 Å². The molecule has 0 spiro atoms. The van der Waals surface area contributed by atoms with Crippen molar-refractivity contribution in [3.8, 4) is 0 Å². The Balaban J connectivity index is 1.22. The molecule has 240 valence electrons. The zero-order chi connectivity index (χ0) is 31.0. The van der Waals surface area contributed by atoms with Gasteiger partial charge in [0.1, 0.15) is 5.84 Å². The summed E-state index contributed by atoms with van der Waals surface area (Å²) in [6.45, 7) is 5.20. The highest BCUT2D eigenvalue weighted by Gasteiger charge is 2.31. The van der Waals surface area contributed by atoms with Crippen LogP contribution in [0.5, 0.6) is 0 Å². The summed E-state index contributed by atoms with van der Waals surface area (Å²) in [5.41, 5.74) is 2.47. The molecule has 0 aliphatic carbocycles. The van der Waals surface area contributed by atoms with Gasteiger partial charge in [-0.15, -0.1) is 0 Å². The molecule has 10 heteroatoms. The number of carbonyl (C=O) groups is 2. The average molecular weight is 627 g/mol. The molecule has 4 rings (SSSR count). The van der Waals surface area contributed by atoms with Gasteiger partial charge >= 0.3 is 12.2 Å². The monoisotopic (exact) mass is 626 g/mol. The summed E-state index contributed by atoms with van der Waals surface area (Å²) in [6, 6.07) is 12.7. The molecule has 2 aromatic carbocycles. The molecule has 2 aliphatic heterocycles. The number of nitrogens with zero attached hydrogens (tertiary/aromatic N) is 3. The van der Waals surface area contributed by atoms with Gasteiger partial charge < -0.3 is 24.4 Å². The number of halogens is 1. The molecule has 0 radical (unpaired) electrons. The number of nitrogens with one attached hydrogen (secondary N) is 1. The topological polar surface area (TPSA) is 92.7 Å². The van der Waals surface area contributed by atoms with Gasteiger partial charge in [0.05, 0.1) is 23.7 Å². The Bertz CT molecular complexity index is 1230. The van der Waals surface area contributed by atoms with Crippen molar-refractivity contribution in [3.63, 3.8) is 0 Å². The van der Waals surface area contributed by atoms with E-state index in [1.54, 1.807) is 18.2 Å². The van der Waals surface area contributed by atoms with Crippen LogP contribution in [0.1, 0.15) is 89.5 Å². The molecule has 1 amide bonds. The molecule has 9 nitrogen and oxygen atoms in total. The lowest BCUT2D eigenvalue weighted by Crippen LogP contribution is -2.46. The number of amidine groups is 1. The van der Waals surface area contributed by atoms with Gasteiger partial charge in [-0.05, 0) is 36.8 Å². The van der Waals surface area contributed by atoms with E-state index in [1.807, 2.05) is 24.3 Å². The second-order valence-electron chi connectivity index (χ2n) is 11.3. The quantitative estimate of drug-likeness (QED) is 0.120. The highest BCUT2D eigenvalue weighted by Crippen LogP contribution is 2.41. The SMILES string of the molecule is CCCCCCCCCCCCCCOC(=O)OCOC(=O)N1c2ccc(Cl)cc2N=C(N2CCNCC2)c2ccccc21. The summed E-state index contributed by atoms with van der Waals surface area (Å²) in [6.07, 6.45) is 13.2. The van der Waals surface area contributed by atoms with Gasteiger partial charge in [0.2, 0.25) is 6.79 Å². The van der Waals surface area contributed by atoms with Crippen molar-refractivity contribution >= 4 is 46.7 Å². The van der Waals surface area contributed by atoms with E-state index in [9.17, 15) is 9.59 Å². The van der Waals surface area contributed by atoms with Crippen molar-refractivity contribution in [1.29, 1.82) is 0 Å². The molecule has 0 atom stereocenters. The molecule has 0 saturated carbocycles. The first kappa shape index (κ1) is 33.6. The summed E-state index contributed by atoms with van der Waals surface area (Å²) in [5.74, 6) is 0.763. The second kappa shape index (κ2) is 18.5. The average Bonchev–Trinajstić information content (AvgIpc) is 3.18. The largest absolute Gasteiger partial charge is 0.511 e. The van der Waals surface area contributed by atoms with Gasteiger partial charge in [-0.25, -0.2) is 19.5 Å². The van der Waals surface area contributed by atoms with Crippen molar-refractivity contribution in [1.82, 2.24) is 10.2 Å². The smallest absolute Gasteiger partial charge is 0.434 e. The van der Waals surface area contributed by atoms with Crippen molar-refractivity contribution in [2.45, 2.75) is 84.0 Å². The molecule has 2 heterocycles. The molecule has 0 unspecified atom stereocenters. The van der Waals surface area contributed by atoms with E-state index in [1.165, 1.54) is 62.7 Å². The van der Waals surface area contributed by atoms with E-state index >= 15 is 0 Å². The lowest BCUT2D eigenvalue weighted by Gasteiger charge is -2.31. The van der Waals surface area contributed by atoms with Crippen LogP contribution < -0.4 is 10.2 Å². The summed E-state index contributed by atoms with van der Waals surface area (Å²) >= 11 is 6.33. The van der Waals surface area contributed by atoms with Gasteiger partial charge in [-0.1, -0.05) is 101 Å². The van der Waals surface area contributed by atoms with Crippen LogP contribution in [0.4, 0.5) is 26.7 Å². The van der Waals surface area contributed by atoms with Crippen LogP contribution >= 0.6 is 11.6 Å². The number of fused-ring (bicyclic) bond motifs is 2. The van der Waals surface area contributed by atoms with Crippen LogP contribution in [0, 0.1) is 0 Å². The first-order valence-electron chi connectivity index (χ1n) is 16.3. The van der Waals surface area contributed by atoms with E-state index < -0.39 is 19.0 Å². The molecule has 0 bridgehead atoms. The fourth-order valence-corrected chi connectivity index (χ4v) is 5.75. The third kappa shape index (κ3) is 10.1. The van der Waals surface area contributed by atoms with Crippen LogP contribution in [0.2, 0.25) is 5.02 Å². The fourth-order valence-electron chi connectivity index (χ4n) is 5.58. The number of anilines is 2. The molecule has 44 heavy (non-hydrogen) atoms. The minimum atomic E-state index is -0.853. The minimum absolute atomic E-state index is 0.282. The number of ether oxygens (including phenoxy) is 3. The van der Waals surface area contributed by atoms with Crippen molar-refractivity contribution < 1.29 is 23.8 Å². The van der Waals surface area contributed by atoms with E-state index in [2.05, 4.69) is 17.1 Å². The number of benzene rings is 2. The normalized spacial score (nSPS) is 14.3. The number of hydrogen-bond donors (Lipinski definition) is 1. The summed E-state index contributed by atoms with van der Waals surface area (Å²) in [5, 5.41) is 3.87. The Morgan fingerprint density at radius 1 is 0.818 bits per heavy atom. The summed E-state index contributed by atoms with van der Waals surface area (Å²) in [7, 11) is 0. The Kier molecular flexibility index (Phi) is 14.1. The van der Waals surface area contributed by atoms with Crippen LogP contribution in [0.3, 0.4) is 0 Å². The van der Waals surface area contributed by atoms with Crippen molar-refractivity contribution in [3.05, 3.63) is 53.1 Å². The highest BCUT2D eigenvalue weighted by molar-refractivity contribution is 6.31. The predicted octanol–water partition coefficient (Wildman–Crippen LogP) is 8.72. The van der Waals surface area contributed by atoms with Gasteiger partial charge in [0.25, 0.3) is 0 Å². The fraction of sp³-hybridized carbons (Fsp3) is 0.559. The Hall–Kier alpha value is -3.30. The molecule has 1 N–H and O–H groups in total. The summed E-state index contributed by atoms with van der Waals surface area (Å²) < 4.78 is 15.6. The maximum Gasteiger partial charge on any atom is 0.511 e. The first-order chi connectivity index (χ1) is 21.6. The molecule has 1 fully saturated rings. The summed E-state index contributed by atoms with van der Waals surface area (Å²) in [4.78, 5) is 34.2. The van der Waals surface area contributed by atoms with Crippen LogP contribution in [-0.4, -0.2) is 62.6 Å². The van der Waals surface area contributed by atoms with Crippen molar-refractivity contribution in [2.75, 3.05) is 44.5 Å². The lowest BCUT2D eigenvalue weighted by molar-refractivity contribution is -0.0127. The Morgan fingerprint density at radius 2 is 1.48 bits per heavy atom. The zero-order valence-electron chi connectivity index (χ0n) is 26.0. The van der Waals surface area contributed by atoms with E-state index in [4.69, 9.17) is 30.8 Å². The van der Waals surface area contributed by atoms with E-state index in [0.29, 0.717) is 22.1 Å². The molecular weight excluding hydrogens is 580 g/mol. The number of amides is 1. The molecule has 1 saturated heterocycles. The van der Waals surface area contributed by atoms with Gasteiger partial charge in [-0.2, -0.15) is 0 Å². The van der Waals surface area contributed by atoms with Crippen molar-refractivity contribution in [2.24, 2.45) is 4.99 Å². The van der Waals surface area contributed by atoms with E-state index in [-0.39, 0.29) is 6.61 Å². The minimum Gasteiger partial charge on any atom is -0.434 e. The Morgan fingerprint density at radius 3 is 2.18 bits per heavy atom. The van der Waals surface area contributed by atoms with Gasteiger partial charge in [0.15, 0.2) is 0 Å². The highest BCUT2D eigenvalue weighted by atomic mass is 35.5. The maximum absolute atomic E-state index is 13.5. The second-order valence-corrected chi connectivity index (χ2v) is 11.8. The Labute approximate surface area is 266 Å². The number of rotatable bonds is 15. The number of aliphatic imine (C=N–C) groups is 1. The molecule has 0 aromatic heterocycles. The molecular formula is C34H47ClN4O5. The van der Waals surface area contributed by atoms with Gasteiger partial charge in [-0.3, -0.25) is 0 Å². The number of piperazine rings is 1. The lowest BCUT2D eigenvalue weighted by atomic mass is 10.1. The first-order valence-corrected chi connectivity index (χ1v) is 16.7. The third-order valence-electron chi connectivity index (χ3n) is 7.97. The standard InChI is InChI=1S/C34H47ClN4O5/c1-2-3-4-5-6-7-8-9-10-11-12-15-24-42-34(41)44-26-43-33(40)39-30-17-14-13-16-28(30)32(38-22-20-36-21-23-38)37-29-25-27(35)18-19-31(29)39/h13-14,16-19,25,36H,2-12,15,20-24,26H2,1H3. The maximum atomic E-state index is 13.5. The number of hydrogen-bond acceptors (Lipinski definition) is 8. The number of para-hydroxylation sites is 1. The van der Waals surface area contributed by atoms with Crippen LogP contribution in [0.15, 0.2) is 47.5 Å². The van der Waals surface area contributed by atoms with Crippen LogP contribution in [-0.2, 0) is 14.2 Å². The van der Waals surface area contributed by atoms with E-state index in [0.717, 1.165) is 56.8 Å². The molecule has 2 aromatic rings. The zero-order valence-corrected chi connectivity index (χ0v) is 26.8. The number of unbranched alkanes of at least 4 members (excludes halogenated alkanes) is 11. The third-order valence-corrected chi connectivity index (χ3v) is 8.20. The van der Waals surface area contributed by atoms with Gasteiger partial charge in [0, 0.05) is 36.8 Å².